The molecule has 0 bridgehead atoms. The highest BCUT2D eigenvalue weighted by atomic mass is 32.2. The molecule has 0 aliphatic heterocycles. The molecule has 1 aromatic carbocycles. The van der Waals surface area contributed by atoms with E-state index in [1.54, 1.807) is 0 Å². The Kier molecular flexibility index (Phi) is 5.23. The summed E-state index contributed by atoms with van der Waals surface area (Å²) in [4.78, 5) is 21.8. The SMILES string of the molecule is COC(=O)c1ccc(CS(=O)(=O)NC(C)C(=O)O)cc1. The molecule has 0 fully saturated rings. The maximum Gasteiger partial charge on any atom is 0.337 e. The number of esters is 1. The highest BCUT2D eigenvalue weighted by molar-refractivity contribution is 7.88. The summed E-state index contributed by atoms with van der Waals surface area (Å²) in [6.45, 7) is 1.24. The molecule has 0 aliphatic carbocycles. The predicted octanol–water partition coefficient (Wildman–Crippen LogP) is 0.366. The second-order valence-corrected chi connectivity index (χ2v) is 5.88. The van der Waals surface area contributed by atoms with Crippen LogP contribution in [-0.2, 0) is 25.3 Å². The van der Waals surface area contributed by atoms with Crippen molar-refractivity contribution in [2.75, 3.05) is 7.11 Å². The van der Waals surface area contributed by atoms with E-state index in [0.29, 0.717) is 11.1 Å². The van der Waals surface area contributed by atoms with E-state index >= 15 is 0 Å². The van der Waals surface area contributed by atoms with Crippen LogP contribution in [0, 0.1) is 0 Å². The summed E-state index contributed by atoms with van der Waals surface area (Å²) >= 11 is 0. The fourth-order valence-corrected chi connectivity index (χ4v) is 2.79. The molecule has 1 unspecified atom stereocenters. The summed E-state index contributed by atoms with van der Waals surface area (Å²) < 4.78 is 30.0. The van der Waals surface area contributed by atoms with E-state index < -0.39 is 28.0 Å². The third-order valence-corrected chi connectivity index (χ3v) is 3.88. The van der Waals surface area contributed by atoms with Crippen molar-refractivity contribution in [1.82, 2.24) is 4.72 Å². The van der Waals surface area contributed by atoms with Crippen LogP contribution in [-0.4, -0.2) is 38.6 Å². The molecule has 8 heteroatoms. The van der Waals surface area contributed by atoms with Gasteiger partial charge in [0, 0.05) is 0 Å². The van der Waals surface area contributed by atoms with Crippen molar-refractivity contribution in [3.05, 3.63) is 35.4 Å². The monoisotopic (exact) mass is 301 g/mol. The van der Waals surface area contributed by atoms with E-state index in [9.17, 15) is 18.0 Å². The van der Waals surface area contributed by atoms with Gasteiger partial charge in [-0.2, -0.15) is 0 Å². The molecule has 0 saturated heterocycles. The standard InChI is InChI=1S/C12H15NO6S/c1-8(11(14)15)13-20(17,18)7-9-3-5-10(6-4-9)12(16)19-2/h3-6,8,13H,7H2,1-2H3,(H,14,15). The molecule has 1 aromatic rings. The van der Waals surface area contributed by atoms with Crippen LogP contribution in [0.3, 0.4) is 0 Å². The molecule has 20 heavy (non-hydrogen) atoms. The van der Waals surface area contributed by atoms with Gasteiger partial charge >= 0.3 is 11.9 Å². The van der Waals surface area contributed by atoms with Gasteiger partial charge in [-0.25, -0.2) is 17.9 Å². The van der Waals surface area contributed by atoms with Crippen molar-refractivity contribution >= 4 is 22.0 Å². The Balaban J connectivity index is 2.78. The molecule has 0 amide bonds. The number of ether oxygens (including phenoxy) is 1. The number of sulfonamides is 1. The van der Waals surface area contributed by atoms with Crippen molar-refractivity contribution in [1.29, 1.82) is 0 Å². The Bertz CT molecular complexity index is 593. The number of benzene rings is 1. The normalized spacial score (nSPS) is 12.7. The zero-order valence-corrected chi connectivity index (χ0v) is 11.8. The minimum atomic E-state index is -3.76. The average Bonchev–Trinajstić information content (AvgIpc) is 2.37. The number of hydrogen-bond acceptors (Lipinski definition) is 5. The van der Waals surface area contributed by atoms with Crippen LogP contribution in [0.25, 0.3) is 0 Å². The van der Waals surface area contributed by atoms with Crippen molar-refractivity contribution in [3.8, 4) is 0 Å². The first-order valence-corrected chi connectivity index (χ1v) is 7.30. The highest BCUT2D eigenvalue weighted by Crippen LogP contribution is 2.09. The van der Waals surface area contributed by atoms with E-state index in [2.05, 4.69) is 4.74 Å². The largest absolute Gasteiger partial charge is 0.480 e. The van der Waals surface area contributed by atoms with Crippen LogP contribution in [0.2, 0.25) is 0 Å². The molecule has 7 nitrogen and oxygen atoms in total. The molecule has 0 saturated carbocycles. The van der Waals surface area contributed by atoms with Crippen LogP contribution < -0.4 is 4.72 Å². The van der Waals surface area contributed by atoms with Crippen LogP contribution in [0.1, 0.15) is 22.8 Å². The zero-order chi connectivity index (χ0) is 15.3. The molecule has 0 aliphatic rings. The van der Waals surface area contributed by atoms with E-state index in [4.69, 9.17) is 5.11 Å². The predicted molar refractivity (Wildman–Crippen MR) is 70.6 cm³/mol. The zero-order valence-electron chi connectivity index (χ0n) is 11.0. The second-order valence-electron chi connectivity index (χ2n) is 4.13. The first kappa shape index (κ1) is 16.1. The highest BCUT2D eigenvalue weighted by Gasteiger charge is 2.20. The van der Waals surface area contributed by atoms with Crippen LogP contribution in [0.5, 0.6) is 0 Å². The van der Waals surface area contributed by atoms with Crippen molar-refractivity contribution in [2.24, 2.45) is 0 Å². The number of nitrogens with one attached hydrogen (secondary N) is 1. The first-order valence-electron chi connectivity index (χ1n) is 5.65. The Morgan fingerprint density at radius 3 is 2.30 bits per heavy atom. The maximum atomic E-state index is 11.7. The minimum Gasteiger partial charge on any atom is -0.480 e. The Hall–Kier alpha value is -1.93. The Labute approximate surface area is 116 Å². The van der Waals surface area contributed by atoms with Gasteiger partial charge in [-0.05, 0) is 24.6 Å². The average molecular weight is 301 g/mol. The molecule has 0 aromatic heterocycles. The summed E-state index contributed by atoms with van der Waals surface area (Å²) in [5.41, 5.74) is 0.739. The molecule has 1 atom stereocenters. The van der Waals surface area contributed by atoms with Gasteiger partial charge in [-0.3, -0.25) is 4.79 Å². The van der Waals surface area contributed by atoms with Crippen LogP contribution in [0.15, 0.2) is 24.3 Å². The summed E-state index contributed by atoms with van der Waals surface area (Å²) in [5, 5.41) is 8.66. The molecule has 110 valence electrons. The topological polar surface area (TPSA) is 110 Å². The van der Waals surface area contributed by atoms with Gasteiger partial charge in [0.15, 0.2) is 0 Å². The van der Waals surface area contributed by atoms with Gasteiger partial charge in [-0.1, -0.05) is 12.1 Å². The summed E-state index contributed by atoms with van der Waals surface area (Å²) in [7, 11) is -2.52. The van der Waals surface area contributed by atoms with Gasteiger partial charge in [-0.15, -0.1) is 0 Å². The van der Waals surface area contributed by atoms with Crippen LogP contribution >= 0.6 is 0 Å². The number of rotatable bonds is 6. The van der Waals surface area contributed by atoms with Crippen molar-refractivity contribution in [3.63, 3.8) is 0 Å². The van der Waals surface area contributed by atoms with Gasteiger partial charge in [0.05, 0.1) is 18.4 Å². The second kappa shape index (κ2) is 6.49. The number of carboxylic acids is 1. The van der Waals surface area contributed by atoms with Crippen molar-refractivity contribution < 1.29 is 27.9 Å². The molecular formula is C12H15NO6S. The quantitative estimate of drug-likeness (QED) is 0.734. The lowest BCUT2D eigenvalue weighted by Crippen LogP contribution is -2.38. The lowest BCUT2D eigenvalue weighted by Gasteiger charge is -2.10. The lowest BCUT2D eigenvalue weighted by molar-refractivity contribution is -0.138. The number of hydrogen-bond donors (Lipinski definition) is 2. The van der Waals surface area contributed by atoms with Gasteiger partial charge in [0.2, 0.25) is 10.0 Å². The van der Waals surface area contributed by atoms with E-state index in [-0.39, 0.29) is 5.75 Å². The van der Waals surface area contributed by atoms with E-state index in [0.717, 1.165) is 0 Å². The molecule has 0 spiro atoms. The van der Waals surface area contributed by atoms with Crippen molar-refractivity contribution in [2.45, 2.75) is 18.7 Å². The van der Waals surface area contributed by atoms with Gasteiger partial charge in [0.25, 0.3) is 0 Å². The van der Waals surface area contributed by atoms with Crippen LogP contribution in [0.4, 0.5) is 0 Å². The number of carboxylic acid groups (broad SMARTS) is 1. The minimum absolute atomic E-state index is 0.306. The fourth-order valence-electron chi connectivity index (χ4n) is 1.44. The molecule has 2 N–H and O–H groups in total. The van der Waals surface area contributed by atoms with Gasteiger partial charge in [0.1, 0.15) is 6.04 Å². The molecule has 0 heterocycles. The summed E-state index contributed by atoms with van der Waals surface area (Å²) in [6.07, 6.45) is 0. The fraction of sp³-hybridized carbons (Fsp3) is 0.333. The van der Waals surface area contributed by atoms with Gasteiger partial charge < -0.3 is 9.84 Å². The van der Waals surface area contributed by atoms with E-state index in [1.807, 2.05) is 4.72 Å². The third-order valence-electron chi connectivity index (χ3n) is 2.46. The smallest absolute Gasteiger partial charge is 0.337 e. The summed E-state index contributed by atoms with van der Waals surface area (Å²) in [5.74, 6) is -2.14. The first-order chi connectivity index (χ1) is 9.25. The number of carbonyl (C=O) groups is 2. The molecule has 1 rings (SSSR count). The molecule has 0 radical (unpaired) electrons. The maximum absolute atomic E-state index is 11.7. The van der Waals surface area contributed by atoms with E-state index in [1.165, 1.54) is 38.3 Å². The lowest BCUT2D eigenvalue weighted by atomic mass is 10.1. The Morgan fingerprint density at radius 1 is 1.30 bits per heavy atom. The third kappa shape index (κ3) is 4.63. The number of aliphatic carboxylic acids is 1. The number of methoxy groups -OCH3 is 1. The Morgan fingerprint density at radius 2 is 1.85 bits per heavy atom. The summed E-state index contributed by atoms with van der Waals surface area (Å²) in [6, 6.07) is 4.62. The number of carbonyl (C=O) groups excluding carboxylic acids is 1. The molecular weight excluding hydrogens is 286 g/mol.